The number of rotatable bonds is 4. The molecule has 5 heterocycles. The second-order valence-corrected chi connectivity index (χ2v) is 7.15. The minimum Gasteiger partial charge on any atom is -0.479 e. The lowest BCUT2D eigenvalue weighted by atomic mass is 10.1. The molecule has 1 unspecified atom stereocenters. The van der Waals surface area contributed by atoms with Gasteiger partial charge in [0.05, 0.1) is 25.2 Å². The molecule has 0 bridgehead atoms. The van der Waals surface area contributed by atoms with Crippen molar-refractivity contribution in [1.82, 2.24) is 29.4 Å². The van der Waals surface area contributed by atoms with Gasteiger partial charge in [-0.3, -0.25) is 0 Å². The van der Waals surface area contributed by atoms with Crippen LogP contribution in [0.2, 0.25) is 0 Å². The number of hydrogen-bond donors (Lipinski definition) is 1. The van der Waals surface area contributed by atoms with Gasteiger partial charge in [0.25, 0.3) is 0 Å². The summed E-state index contributed by atoms with van der Waals surface area (Å²) in [7, 11) is 3.58. The van der Waals surface area contributed by atoms with Crippen molar-refractivity contribution in [3.8, 4) is 11.6 Å². The molecule has 0 aliphatic carbocycles. The average molecular weight is 403 g/mol. The Hall–Kier alpha value is -3.88. The normalized spacial score (nSPS) is 16.1. The molecule has 4 aromatic rings. The first-order valence-electron chi connectivity index (χ1n) is 9.57. The molecule has 152 valence electrons. The second-order valence-electron chi connectivity index (χ2n) is 7.15. The number of pyridine rings is 2. The smallest absolute Gasteiger partial charge is 0.238 e. The van der Waals surface area contributed by atoms with E-state index >= 15 is 0 Å². The predicted molar refractivity (Wildman–Crippen MR) is 112 cm³/mol. The number of ether oxygens (including phenoxy) is 1. The third-order valence-corrected chi connectivity index (χ3v) is 5.11. The summed E-state index contributed by atoms with van der Waals surface area (Å²) in [6.45, 7) is 2.35. The highest BCUT2D eigenvalue weighted by Gasteiger charge is 2.25. The summed E-state index contributed by atoms with van der Waals surface area (Å²) in [5.41, 5.74) is 4.38. The number of aryl methyl sites for hydroxylation is 2. The van der Waals surface area contributed by atoms with Crippen molar-refractivity contribution in [3.63, 3.8) is 0 Å². The molecular formula is C21H21N7O2. The fraction of sp³-hybridized carbons (Fsp3) is 0.238. The van der Waals surface area contributed by atoms with E-state index in [1.54, 1.807) is 19.6 Å². The summed E-state index contributed by atoms with van der Waals surface area (Å²) >= 11 is 0. The van der Waals surface area contributed by atoms with E-state index in [-0.39, 0.29) is 6.04 Å². The molecule has 1 N–H and O–H groups in total. The molecule has 4 aromatic heterocycles. The van der Waals surface area contributed by atoms with E-state index in [1.165, 1.54) is 0 Å². The van der Waals surface area contributed by atoms with E-state index in [9.17, 15) is 0 Å². The maximum atomic E-state index is 5.55. The van der Waals surface area contributed by atoms with Gasteiger partial charge in [0, 0.05) is 36.6 Å². The molecule has 0 saturated heterocycles. The standard InChI is InChI=1S/C21H21N7O2/c1-13-9-28(12-23-13)18-7-6-16(25-21(18)29-3)19-24-17(11-30-26-19)15-10-27(2)20-14(15)5-4-8-22-20/h4-10,12,17H,11H2,1-3H3,(H,24,26). The highest BCUT2D eigenvalue weighted by atomic mass is 16.6. The number of hydrogen-bond acceptors (Lipinski definition) is 7. The number of nitrogens with zero attached hydrogens (tertiary/aromatic N) is 6. The molecule has 0 fully saturated rings. The van der Waals surface area contributed by atoms with E-state index in [0.29, 0.717) is 24.0 Å². The van der Waals surface area contributed by atoms with Gasteiger partial charge in [0.1, 0.15) is 23.6 Å². The molecule has 30 heavy (non-hydrogen) atoms. The van der Waals surface area contributed by atoms with Crippen molar-refractivity contribution in [1.29, 1.82) is 0 Å². The maximum Gasteiger partial charge on any atom is 0.238 e. The van der Waals surface area contributed by atoms with Crippen LogP contribution in [0.3, 0.4) is 0 Å². The number of fused-ring (bicyclic) bond motifs is 1. The molecule has 0 spiro atoms. The first-order valence-corrected chi connectivity index (χ1v) is 9.57. The van der Waals surface area contributed by atoms with Gasteiger partial charge in [-0.2, -0.15) is 0 Å². The second kappa shape index (κ2) is 7.18. The van der Waals surface area contributed by atoms with Crippen molar-refractivity contribution in [2.45, 2.75) is 13.0 Å². The van der Waals surface area contributed by atoms with Crippen LogP contribution in [0.4, 0.5) is 0 Å². The van der Waals surface area contributed by atoms with Crippen LogP contribution in [0, 0.1) is 6.92 Å². The summed E-state index contributed by atoms with van der Waals surface area (Å²) in [5, 5.41) is 8.73. The average Bonchev–Trinajstić information content (AvgIpc) is 3.37. The summed E-state index contributed by atoms with van der Waals surface area (Å²) in [4.78, 5) is 18.9. The molecule has 5 rings (SSSR count). The van der Waals surface area contributed by atoms with E-state index in [0.717, 1.165) is 28.0 Å². The number of amidine groups is 1. The number of aromatic nitrogens is 5. The van der Waals surface area contributed by atoms with Crippen LogP contribution in [0.25, 0.3) is 16.7 Å². The molecule has 0 saturated carbocycles. The Kier molecular flexibility index (Phi) is 4.35. The van der Waals surface area contributed by atoms with Crippen LogP contribution >= 0.6 is 0 Å². The number of nitrogens with one attached hydrogen (secondary N) is 1. The van der Waals surface area contributed by atoms with Crippen molar-refractivity contribution >= 4 is 16.9 Å². The molecule has 9 nitrogen and oxygen atoms in total. The molecular weight excluding hydrogens is 382 g/mol. The van der Waals surface area contributed by atoms with Crippen LogP contribution in [0.5, 0.6) is 5.88 Å². The van der Waals surface area contributed by atoms with Crippen molar-refractivity contribution in [2.75, 3.05) is 13.7 Å². The van der Waals surface area contributed by atoms with E-state index in [2.05, 4.69) is 37.7 Å². The Bertz CT molecular complexity index is 1260. The summed E-state index contributed by atoms with van der Waals surface area (Å²) in [6.07, 6.45) is 7.52. The van der Waals surface area contributed by atoms with Crippen molar-refractivity contribution in [2.24, 2.45) is 12.2 Å². The Labute approximate surface area is 173 Å². The van der Waals surface area contributed by atoms with Gasteiger partial charge >= 0.3 is 0 Å². The molecule has 1 aliphatic rings. The van der Waals surface area contributed by atoms with Gasteiger partial charge in [-0.1, -0.05) is 5.16 Å². The van der Waals surface area contributed by atoms with Crippen LogP contribution in [-0.2, 0) is 11.9 Å². The Morgan fingerprint density at radius 1 is 1.20 bits per heavy atom. The quantitative estimate of drug-likeness (QED) is 0.563. The van der Waals surface area contributed by atoms with Gasteiger partial charge in [-0.05, 0) is 31.2 Å². The zero-order valence-corrected chi connectivity index (χ0v) is 16.9. The minimum absolute atomic E-state index is 0.0748. The third kappa shape index (κ3) is 3.04. The summed E-state index contributed by atoms with van der Waals surface area (Å²) in [5.74, 6) is 1.03. The van der Waals surface area contributed by atoms with Gasteiger partial charge in [0.15, 0.2) is 5.84 Å². The van der Waals surface area contributed by atoms with Gasteiger partial charge in [-0.25, -0.2) is 15.0 Å². The largest absolute Gasteiger partial charge is 0.479 e. The number of imidazole rings is 1. The van der Waals surface area contributed by atoms with Crippen LogP contribution < -0.4 is 10.1 Å². The molecule has 0 aromatic carbocycles. The monoisotopic (exact) mass is 403 g/mol. The first kappa shape index (κ1) is 18.2. The molecule has 9 heteroatoms. The topological polar surface area (TPSA) is 91.4 Å². The molecule has 0 radical (unpaired) electrons. The van der Waals surface area contributed by atoms with Crippen LogP contribution in [-0.4, -0.2) is 43.6 Å². The molecule has 0 amide bonds. The van der Waals surface area contributed by atoms with E-state index < -0.39 is 0 Å². The fourth-order valence-electron chi connectivity index (χ4n) is 3.68. The Morgan fingerprint density at radius 3 is 2.90 bits per heavy atom. The lowest BCUT2D eigenvalue weighted by molar-refractivity contribution is 0.109. The lowest BCUT2D eigenvalue weighted by Gasteiger charge is -2.24. The van der Waals surface area contributed by atoms with Crippen LogP contribution in [0.1, 0.15) is 23.0 Å². The summed E-state index contributed by atoms with van der Waals surface area (Å²) in [6, 6.07) is 7.74. The number of oxime groups is 1. The molecule has 1 aliphatic heterocycles. The van der Waals surface area contributed by atoms with Crippen LogP contribution in [0.15, 0.2) is 54.3 Å². The zero-order valence-electron chi connectivity index (χ0n) is 16.9. The lowest BCUT2D eigenvalue weighted by Crippen LogP contribution is -2.36. The maximum absolute atomic E-state index is 5.55. The first-order chi connectivity index (χ1) is 14.6. The Morgan fingerprint density at radius 2 is 2.10 bits per heavy atom. The zero-order chi connectivity index (χ0) is 20.7. The molecule has 1 atom stereocenters. The van der Waals surface area contributed by atoms with Crippen molar-refractivity contribution in [3.05, 3.63) is 66.1 Å². The van der Waals surface area contributed by atoms with Gasteiger partial charge in [0.2, 0.25) is 5.88 Å². The van der Waals surface area contributed by atoms with E-state index in [1.807, 2.05) is 47.5 Å². The van der Waals surface area contributed by atoms with Gasteiger partial charge in [-0.15, -0.1) is 0 Å². The SMILES string of the molecule is COc1nc(C2=NOCC(c3cn(C)c4ncccc34)N2)ccc1-n1cnc(C)c1. The fourth-order valence-corrected chi connectivity index (χ4v) is 3.68. The van der Waals surface area contributed by atoms with E-state index in [4.69, 9.17) is 9.57 Å². The van der Waals surface area contributed by atoms with Gasteiger partial charge < -0.3 is 24.0 Å². The highest BCUT2D eigenvalue weighted by molar-refractivity contribution is 5.98. The predicted octanol–water partition coefficient (Wildman–Crippen LogP) is 2.49. The minimum atomic E-state index is -0.0748. The number of methoxy groups -OCH3 is 1. The Balaban J connectivity index is 1.47. The van der Waals surface area contributed by atoms with Crippen molar-refractivity contribution < 1.29 is 9.57 Å². The summed E-state index contributed by atoms with van der Waals surface area (Å²) < 4.78 is 9.41. The third-order valence-electron chi connectivity index (χ3n) is 5.11. The highest BCUT2D eigenvalue weighted by Crippen LogP contribution is 2.27.